The quantitative estimate of drug-likeness (QED) is 0.773. The third kappa shape index (κ3) is 2.21. The van der Waals surface area contributed by atoms with Gasteiger partial charge < -0.3 is 10.3 Å². The Labute approximate surface area is 117 Å². The summed E-state index contributed by atoms with van der Waals surface area (Å²) < 4.78 is 16.1. The second-order valence-electron chi connectivity index (χ2n) is 5.06. The Kier molecular flexibility index (Phi) is 3.28. The summed E-state index contributed by atoms with van der Waals surface area (Å²) in [7, 11) is 0. The second-order valence-corrected chi connectivity index (χ2v) is 5.06. The molecule has 0 amide bonds. The van der Waals surface area contributed by atoms with Crippen molar-refractivity contribution in [1.82, 2.24) is 4.57 Å². The second kappa shape index (κ2) is 5.10. The van der Waals surface area contributed by atoms with Gasteiger partial charge in [0.15, 0.2) is 0 Å². The first-order valence-corrected chi connectivity index (χ1v) is 6.71. The maximum atomic E-state index is 14.0. The molecule has 0 aliphatic carbocycles. The van der Waals surface area contributed by atoms with Gasteiger partial charge in [-0.2, -0.15) is 0 Å². The predicted molar refractivity (Wildman–Crippen MR) is 80.1 cm³/mol. The van der Waals surface area contributed by atoms with Gasteiger partial charge in [0.05, 0.1) is 6.54 Å². The van der Waals surface area contributed by atoms with Crippen LogP contribution in [0.25, 0.3) is 10.9 Å². The largest absolute Gasteiger partial charge is 0.340 e. The lowest BCUT2D eigenvalue weighted by atomic mass is 10.1. The normalized spacial score (nSPS) is 11.2. The van der Waals surface area contributed by atoms with Crippen LogP contribution in [-0.2, 0) is 13.1 Å². The summed E-state index contributed by atoms with van der Waals surface area (Å²) in [6.45, 7) is 3.00. The van der Waals surface area contributed by atoms with E-state index in [4.69, 9.17) is 5.73 Å². The molecule has 0 saturated heterocycles. The number of rotatable bonds is 3. The summed E-state index contributed by atoms with van der Waals surface area (Å²) in [5.41, 5.74) is 9.52. The number of benzene rings is 2. The van der Waals surface area contributed by atoms with Crippen LogP contribution < -0.4 is 5.73 Å². The minimum absolute atomic E-state index is 0.181. The van der Waals surface area contributed by atoms with Crippen molar-refractivity contribution in [3.05, 3.63) is 71.2 Å². The van der Waals surface area contributed by atoms with E-state index in [1.807, 2.05) is 25.1 Å². The van der Waals surface area contributed by atoms with E-state index in [9.17, 15) is 4.39 Å². The zero-order valence-corrected chi connectivity index (χ0v) is 11.4. The van der Waals surface area contributed by atoms with Crippen molar-refractivity contribution >= 4 is 10.9 Å². The van der Waals surface area contributed by atoms with Gasteiger partial charge in [-0.05, 0) is 42.1 Å². The number of para-hydroxylation sites is 1. The van der Waals surface area contributed by atoms with Gasteiger partial charge in [-0.15, -0.1) is 0 Å². The molecule has 0 aliphatic rings. The van der Waals surface area contributed by atoms with Crippen molar-refractivity contribution in [2.45, 2.75) is 20.0 Å². The molecule has 3 aromatic rings. The third-order valence-corrected chi connectivity index (χ3v) is 3.69. The van der Waals surface area contributed by atoms with Crippen LogP contribution in [0.5, 0.6) is 0 Å². The maximum Gasteiger partial charge on any atom is 0.128 e. The summed E-state index contributed by atoms with van der Waals surface area (Å²) in [5, 5.41) is 1.18. The van der Waals surface area contributed by atoms with E-state index in [0.29, 0.717) is 18.7 Å². The lowest BCUT2D eigenvalue weighted by Crippen LogP contribution is -2.05. The molecule has 0 spiro atoms. The number of hydrogen-bond acceptors (Lipinski definition) is 1. The van der Waals surface area contributed by atoms with Crippen molar-refractivity contribution in [3.63, 3.8) is 0 Å². The Balaban J connectivity index is 2.07. The Morgan fingerprint density at radius 3 is 2.70 bits per heavy atom. The van der Waals surface area contributed by atoms with Crippen molar-refractivity contribution in [2.75, 3.05) is 0 Å². The molecule has 20 heavy (non-hydrogen) atoms. The molecular weight excluding hydrogens is 251 g/mol. The van der Waals surface area contributed by atoms with Crippen molar-refractivity contribution < 1.29 is 4.39 Å². The molecule has 0 fully saturated rings. The standard InChI is InChI=1S/C17H17FN2/c1-12-8-14-4-2-3-5-17(14)20(12)11-15-9-13(10-19)6-7-16(15)18/h2-9H,10-11,19H2,1H3. The van der Waals surface area contributed by atoms with Crippen LogP contribution in [0.3, 0.4) is 0 Å². The Hall–Kier alpha value is -2.13. The molecule has 0 bridgehead atoms. The van der Waals surface area contributed by atoms with Gasteiger partial charge >= 0.3 is 0 Å². The summed E-state index contributed by atoms with van der Waals surface area (Å²) in [6.07, 6.45) is 0. The van der Waals surface area contributed by atoms with Crippen LogP contribution in [0, 0.1) is 12.7 Å². The zero-order chi connectivity index (χ0) is 14.1. The molecule has 0 aliphatic heterocycles. The summed E-state index contributed by atoms with van der Waals surface area (Å²) in [5.74, 6) is -0.181. The van der Waals surface area contributed by atoms with E-state index in [-0.39, 0.29) is 5.82 Å². The Morgan fingerprint density at radius 2 is 1.90 bits per heavy atom. The maximum absolute atomic E-state index is 14.0. The van der Waals surface area contributed by atoms with Gasteiger partial charge in [-0.1, -0.05) is 24.3 Å². The lowest BCUT2D eigenvalue weighted by Gasteiger charge is -2.10. The van der Waals surface area contributed by atoms with E-state index in [1.54, 1.807) is 6.07 Å². The molecule has 2 nitrogen and oxygen atoms in total. The highest BCUT2D eigenvalue weighted by Crippen LogP contribution is 2.22. The Bertz CT molecular complexity index is 759. The molecule has 0 saturated carbocycles. The highest BCUT2D eigenvalue weighted by atomic mass is 19.1. The highest BCUT2D eigenvalue weighted by molar-refractivity contribution is 5.81. The fourth-order valence-electron chi connectivity index (χ4n) is 2.60. The molecule has 0 atom stereocenters. The number of aromatic nitrogens is 1. The first-order chi connectivity index (χ1) is 9.69. The van der Waals surface area contributed by atoms with Gasteiger partial charge in [0, 0.05) is 23.3 Å². The SMILES string of the molecule is Cc1cc2ccccc2n1Cc1cc(CN)ccc1F. The first kappa shape index (κ1) is 12.9. The van der Waals surface area contributed by atoms with E-state index >= 15 is 0 Å². The van der Waals surface area contributed by atoms with Crippen molar-refractivity contribution in [2.24, 2.45) is 5.73 Å². The van der Waals surface area contributed by atoms with Gasteiger partial charge in [0.25, 0.3) is 0 Å². The minimum Gasteiger partial charge on any atom is -0.340 e. The monoisotopic (exact) mass is 268 g/mol. The molecule has 2 N–H and O–H groups in total. The predicted octanol–water partition coefficient (Wildman–Crippen LogP) is 3.60. The van der Waals surface area contributed by atoms with Crippen LogP contribution in [-0.4, -0.2) is 4.57 Å². The van der Waals surface area contributed by atoms with E-state index in [1.165, 1.54) is 11.5 Å². The van der Waals surface area contributed by atoms with Crippen LogP contribution in [0.2, 0.25) is 0 Å². The van der Waals surface area contributed by atoms with E-state index < -0.39 is 0 Å². The van der Waals surface area contributed by atoms with Gasteiger partial charge in [0.2, 0.25) is 0 Å². The third-order valence-electron chi connectivity index (χ3n) is 3.69. The van der Waals surface area contributed by atoms with Gasteiger partial charge in [-0.25, -0.2) is 4.39 Å². The van der Waals surface area contributed by atoms with Gasteiger partial charge in [-0.3, -0.25) is 0 Å². The van der Waals surface area contributed by atoms with Crippen molar-refractivity contribution in [3.8, 4) is 0 Å². The molecule has 1 aromatic heterocycles. The average molecular weight is 268 g/mol. The Morgan fingerprint density at radius 1 is 1.10 bits per heavy atom. The number of hydrogen-bond donors (Lipinski definition) is 1. The van der Waals surface area contributed by atoms with E-state index in [0.717, 1.165) is 16.8 Å². The molecule has 0 unspecified atom stereocenters. The highest BCUT2D eigenvalue weighted by Gasteiger charge is 2.09. The first-order valence-electron chi connectivity index (χ1n) is 6.71. The van der Waals surface area contributed by atoms with Crippen LogP contribution in [0.1, 0.15) is 16.8 Å². The summed E-state index contributed by atoms with van der Waals surface area (Å²) in [6, 6.07) is 15.4. The molecule has 3 rings (SSSR count). The molecule has 102 valence electrons. The van der Waals surface area contributed by atoms with Crippen LogP contribution in [0.15, 0.2) is 48.5 Å². The number of nitrogens with two attached hydrogens (primary N) is 1. The molecule has 1 heterocycles. The number of fused-ring (bicyclic) bond motifs is 1. The molecule has 3 heteroatoms. The van der Waals surface area contributed by atoms with E-state index in [2.05, 4.69) is 22.8 Å². The minimum atomic E-state index is -0.181. The summed E-state index contributed by atoms with van der Waals surface area (Å²) >= 11 is 0. The number of nitrogens with zero attached hydrogens (tertiary/aromatic N) is 1. The van der Waals surface area contributed by atoms with Crippen molar-refractivity contribution in [1.29, 1.82) is 0 Å². The summed E-state index contributed by atoms with van der Waals surface area (Å²) in [4.78, 5) is 0. The zero-order valence-electron chi connectivity index (χ0n) is 11.4. The molecule has 0 radical (unpaired) electrons. The smallest absolute Gasteiger partial charge is 0.128 e. The fraction of sp³-hybridized carbons (Fsp3) is 0.176. The number of aryl methyl sites for hydroxylation is 1. The van der Waals surface area contributed by atoms with Crippen LogP contribution >= 0.6 is 0 Å². The molecular formula is C17H17FN2. The molecule has 2 aromatic carbocycles. The fourth-order valence-corrected chi connectivity index (χ4v) is 2.60. The average Bonchev–Trinajstić information content (AvgIpc) is 2.77. The van der Waals surface area contributed by atoms with Gasteiger partial charge in [0.1, 0.15) is 5.82 Å². The number of halogens is 1. The topological polar surface area (TPSA) is 30.9 Å². The lowest BCUT2D eigenvalue weighted by molar-refractivity contribution is 0.599. The van der Waals surface area contributed by atoms with Crippen LogP contribution in [0.4, 0.5) is 4.39 Å².